The lowest BCUT2D eigenvalue weighted by molar-refractivity contribution is -0.122. The van der Waals surface area contributed by atoms with Crippen LogP contribution in [0.1, 0.15) is 28.4 Å². The van der Waals surface area contributed by atoms with E-state index in [4.69, 9.17) is 4.74 Å². The number of rotatable bonds is 7. The van der Waals surface area contributed by atoms with Gasteiger partial charge in [0.05, 0.1) is 11.3 Å². The summed E-state index contributed by atoms with van der Waals surface area (Å²) < 4.78 is 5.77. The van der Waals surface area contributed by atoms with Crippen LogP contribution >= 0.6 is 0 Å². The number of hydrogen-bond acceptors (Lipinski definition) is 3. The molecule has 148 valence electrons. The molecular weight excluding hydrogens is 364 g/mol. The third-order valence-electron chi connectivity index (χ3n) is 4.49. The van der Waals surface area contributed by atoms with E-state index in [1.54, 1.807) is 31.2 Å². The molecule has 0 heterocycles. The van der Waals surface area contributed by atoms with Crippen LogP contribution in [0.4, 0.5) is 5.69 Å². The predicted octanol–water partition coefficient (Wildman–Crippen LogP) is 4.33. The molecular formula is C24H24N2O3. The first-order valence-electron chi connectivity index (χ1n) is 9.49. The Bertz CT molecular complexity index is 986. The van der Waals surface area contributed by atoms with Crippen molar-refractivity contribution < 1.29 is 14.3 Å². The zero-order valence-corrected chi connectivity index (χ0v) is 16.5. The van der Waals surface area contributed by atoms with Crippen LogP contribution in [0.2, 0.25) is 0 Å². The second-order valence-electron chi connectivity index (χ2n) is 6.73. The van der Waals surface area contributed by atoms with Gasteiger partial charge in [0.15, 0.2) is 6.10 Å². The van der Waals surface area contributed by atoms with E-state index >= 15 is 0 Å². The van der Waals surface area contributed by atoms with Crippen molar-refractivity contribution in [2.75, 3.05) is 5.32 Å². The molecule has 5 heteroatoms. The minimum Gasteiger partial charge on any atom is -0.481 e. The minimum atomic E-state index is -0.712. The normalized spacial score (nSPS) is 11.4. The van der Waals surface area contributed by atoms with E-state index in [0.29, 0.717) is 23.5 Å². The standard InChI is InChI=1S/C24H24N2O3/c1-17-10-6-9-15-22(17)29-18(2)23(27)26-21-14-8-7-13-20(21)24(28)25-16-19-11-4-3-5-12-19/h3-15,18H,16H2,1-2H3,(H,25,28)(H,26,27)/t18-/m1/s1. The van der Waals surface area contributed by atoms with Crippen LogP contribution in [0, 0.1) is 6.92 Å². The molecule has 0 radical (unpaired) electrons. The summed E-state index contributed by atoms with van der Waals surface area (Å²) in [5, 5.41) is 5.69. The van der Waals surface area contributed by atoms with Gasteiger partial charge in [0.25, 0.3) is 11.8 Å². The SMILES string of the molecule is Cc1ccccc1O[C@H](C)C(=O)Nc1ccccc1C(=O)NCc1ccccc1. The number of amides is 2. The molecule has 0 aromatic heterocycles. The quantitative estimate of drug-likeness (QED) is 0.633. The highest BCUT2D eigenvalue weighted by Crippen LogP contribution is 2.20. The number of nitrogens with one attached hydrogen (secondary N) is 2. The Morgan fingerprint density at radius 2 is 1.55 bits per heavy atom. The monoisotopic (exact) mass is 388 g/mol. The molecule has 0 aliphatic rings. The molecule has 0 bridgehead atoms. The summed E-state index contributed by atoms with van der Waals surface area (Å²) in [5.74, 6) is 0.0813. The van der Waals surface area contributed by atoms with Gasteiger partial charge in [-0.2, -0.15) is 0 Å². The van der Waals surface area contributed by atoms with E-state index in [0.717, 1.165) is 11.1 Å². The fourth-order valence-electron chi connectivity index (χ4n) is 2.83. The van der Waals surface area contributed by atoms with Gasteiger partial charge in [0.2, 0.25) is 0 Å². The lowest BCUT2D eigenvalue weighted by atomic mass is 10.1. The summed E-state index contributed by atoms with van der Waals surface area (Å²) in [6, 6.07) is 24.1. The molecule has 0 aliphatic heterocycles. The van der Waals surface area contributed by atoms with Crippen LogP contribution < -0.4 is 15.4 Å². The number of ether oxygens (including phenoxy) is 1. The van der Waals surface area contributed by atoms with Crippen LogP contribution in [-0.4, -0.2) is 17.9 Å². The second-order valence-corrected chi connectivity index (χ2v) is 6.73. The predicted molar refractivity (Wildman–Crippen MR) is 114 cm³/mol. The van der Waals surface area contributed by atoms with Crippen LogP contribution in [0.5, 0.6) is 5.75 Å². The van der Waals surface area contributed by atoms with Crippen molar-refractivity contribution in [2.24, 2.45) is 0 Å². The van der Waals surface area contributed by atoms with Crippen molar-refractivity contribution >= 4 is 17.5 Å². The van der Waals surface area contributed by atoms with Crippen LogP contribution in [-0.2, 0) is 11.3 Å². The smallest absolute Gasteiger partial charge is 0.265 e. The van der Waals surface area contributed by atoms with Gasteiger partial charge >= 0.3 is 0 Å². The maximum absolute atomic E-state index is 12.6. The lowest BCUT2D eigenvalue weighted by Crippen LogP contribution is -2.31. The van der Waals surface area contributed by atoms with E-state index in [1.807, 2.05) is 61.5 Å². The van der Waals surface area contributed by atoms with Gasteiger partial charge < -0.3 is 15.4 Å². The summed E-state index contributed by atoms with van der Waals surface area (Å²) >= 11 is 0. The van der Waals surface area contributed by atoms with E-state index in [1.165, 1.54) is 0 Å². The highest BCUT2D eigenvalue weighted by Gasteiger charge is 2.19. The number of para-hydroxylation sites is 2. The van der Waals surface area contributed by atoms with Crippen molar-refractivity contribution in [1.82, 2.24) is 5.32 Å². The van der Waals surface area contributed by atoms with Gasteiger partial charge in [-0.15, -0.1) is 0 Å². The summed E-state index contributed by atoms with van der Waals surface area (Å²) in [7, 11) is 0. The first kappa shape index (κ1) is 20.1. The Morgan fingerprint density at radius 1 is 0.897 bits per heavy atom. The zero-order chi connectivity index (χ0) is 20.6. The molecule has 0 saturated heterocycles. The number of anilines is 1. The van der Waals surface area contributed by atoms with Gasteiger partial charge in [-0.05, 0) is 43.2 Å². The largest absolute Gasteiger partial charge is 0.481 e. The molecule has 2 amide bonds. The fourth-order valence-corrected chi connectivity index (χ4v) is 2.83. The lowest BCUT2D eigenvalue weighted by Gasteiger charge is -2.17. The molecule has 0 fully saturated rings. The van der Waals surface area contributed by atoms with Gasteiger partial charge in [0, 0.05) is 6.54 Å². The third-order valence-corrected chi connectivity index (χ3v) is 4.49. The molecule has 29 heavy (non-hydrogen) atoms. The average Bonchev–Trinajstić information content (AvgIpc) is 2.74. The van der Waals surface area contributed by atoms with Crippen LogP contribution in [0.25, 0.3) is 0 Å². The molecule has 3 aromatic rings. The van der Waals surface area contributed by atoms with Crippen molar-refractivity contribution in [3.63, 3.8) is 0 Å². The Labute approximate surface area is 170 Å². The molecule has 0 spiro atoms. The maximum Gasteiger partial charge on any atom is 0.265 e. The molecule has 3 aromatic carbocycles. The number of aryl methyl sites for hydroxylation is 1. The summed E-state index contributed by atoms with van der Waals surface area (Å²) in [6.45, 7) is 4.01. The van der Waals surface area contributed by atoms with E-state index in [-0.39, 0.29) is 11.8 Å². The number of benzene rings is 3. The van der Waals surface area contributed by atoms with Crippen molar-refractivity contribution in [1.29, 1.82) is 0 Å². The van der Waals surface area contributed by atoms with Crippen molar-refractivity contribution in [2.45, 2.75) is 26.5 Å². The highest BCUT2D eigenvalue weighted by molar-refractivity contribution is 6.04. The van der Waals surface area contributed by atoms with Gasteiger partial charge in [-0.25, -0.2) is 0 Å². The molecule has 3 rings (SSSR count). The molecule has 0 saturated carbocycles. The molecule has 1 atom stereocenters. The fraction of sp³-hybridized carbons (Fsp3) is 0.167. The molecule has 2 N–H and O–H groups in total. The van der Waals surface area contributed by atoms with Gasteiger partial charge in [-0.1, -0.05) is 60.7 Å². The Balaban J connectivity index is 1.65. The van der Waals surface area contributed by atoms with Crippen molar-refractivity contribution in [3.05, 3.63) is 95.6 Å². The summed E-state index contributed by atoms with van der Waals surface area (Å²) in [5.41, 5.74) is 2.80. The maximum atomic E-state index is 12.6. The molecule has 5 nitrogen and oxygen atoms in total. The molecule has 0 aliphatic carbocycles. The van der Waals surface area contributed by atoms with E-state index in [2.05, 4.69) is 10.6 Å². The Hall–Kier alpha value is -3.60. The van der Waals surface area contributed by atoms with Gasteiger partial charge in [-0.3, -0.25) is 9.59 Å². The van der Waals surface area contributed by atoms with Crippen molar-refractivity contribution in [3.8, 4) is 5.75 Å². The first-order valence-corrected chi connectivity index (χ1v) is 9.49. The summed E-state index contributed by atoms with van der Waals surface area (Å²) in [4.78, 5) is 25.2. The summed E-state index contributed by atoms with van der Waals surface area (Å²) in [6.07, 6.45) is -0.712. The Kier molecular flexibility index (Phi) is 6.63. The second kappa shape index (κ2) is 9.55. The topological polar surface area (TPSA) is 67.4 Å². The van der Waals surface area contributed by atoms with Gasteiger partial charge in [0.1, 0.15) is 5.75 Å². The number of carbonyl (C=O) groups excluding carboxylic acids is 2. The highest BCUT2D eigenvalue weighted by atomic mass is 16.5. The Morgan fingerprint density at radius 3 is 2.31 bits per heavy atom. The average molecular weight is 388 g/mol. The van der Waals surface area contributed by atoms with E-state index in [9.17, 15) is 9.59 Å². The zero-order valence-electron chi connectivity index (χ0n) is 16.5. The number of carbonyl (C=O) groups is 2. The first-order chi connectivity index (χ1) is 14.0. The third kappa shape index (κ3) is 5.45. The van der Waals surface area contributed by atoms with Crippen LogP contribution in [0.15, 0.2) is 78.9 Å². The van der Waals surface area contributed by atoms with E-state index < -0.39 is 6.10 Å². The number of hydrogen-bond donors (Lipinski definition) is 2. The molecule has 0 unspecified atom stereocenters. The minimum absolute atomic E-state index is 0.253. The van der Waals surface area contributed by atoms with Crippen LogP contribution in [0.3, 0.4) is 0 Å².